The number of H-pyrrole nitrogens is 1. The Hall–Kier alpha value is -1.07. The van der Waals surface area contributed by atoms with Crippen LogP contribution >= 0.6 is 15.9 Å². The van der Waals surface area contributed by atoms with E-state index in [0.29, 0.717) is 5.92 Å². The summed E-state index contributed by atoms with van der Waals surface area (Å²) in [5, 5.41) is 11.0. The van der Waals surface area contributed by atoms with Crippen molar-refractivity contribution in [2.75, 3.05) is 13.1 Å². The summed E-state index contributed by atoms with van der Waals surface area (Å²) in [6.07, 6.45) is 2.41. The highest BCUT2D eigenvalue weighted by Gasteiger charge is 2.23. The van der Waals surface area contributed by atoms with Crippen LogP contribution in [0.5, 0.6) is 0 Å². The maximum atomic E-state index is 5.62. The number of aryl methyl sites for hydroxylation is 1. The minimum atomic E-state index is 0.505. The molecule has 0 radical (unpaired) electrons. The molecule has 1 aliphatic heterocycles. The molecule has 96 valence electrons. The molecule has 0 aromatic carbocycles. The van der Waals surface area contributed by atoms with E-state index in [0.717, 1.165) is 34.8 Å². The molecule has 1 fully saturated rings. The Morgan fingerprint density at radius 1 is 1.44 bits per heavy atom. The first kappa shape index (κ1) is 12.0. The van der Waals surface area contributed by atoms with E-state index in [1.54, 1.807) is 0 Å². The number of nitrogens with zero attached hydrogens (tertiary/aromatic N) is 1. The molecule has 0 bridgehead atoms. The molecule has 0 amide bonds. The van der Waals surface area contributed by atoms with Crippen LogP contribution in [0.25, 0.3) is 11.5 Å². The molecule has 4 nitrogen and oxygen atoms in total. The maximum Gasteiger partial charge on any atom is 0.155 e. The number of aromatic nitrogens is 2. The first-order valence-electron chi connectivity index (χ1n) is 6.27. The first-order valence-corrected chi connectivity index (χ1v) is 7.06. The van der Waals surface area contributed by atoms with Gasteiger partial charge in [-0.25, -0.2) is 0 Å². The largest absolute Gasteiger partial charge is 0.460 e. The molecule has 3 heterocycles. The zero-order valence-electron chi connectivity index (χ0n) is 10.3. The average Bonchev–Trinajstić information content (AvgIpc) is 2.97. The molecule has 1 unspecified atom stereocenters. The Morgan fingerprint density at radius 2 is 2.33 bits per heavy atom. The summed E-state index contributed by atoms with van der Waals surface area (Å²) in [6, 6.07) is 3.91. The highest BCUT2D eigenvalue weighted by Crippen LogP contribution is 2.35. The molecule has 18 heavy (non-hydrogen) atoms. The van der Waals surface area contributed by atoms with Gasteiger partial charge in [0.25, 0.3) is 0 Å². The summed E-state index contributed by atoms with van der Waals surface area (Å²) >= 11 is 3.65. The third kappa shape index (κ3) is 2.12. The van der Waals surface area contributed by atoms with Crippen molar-refractivity contribution >= 4 is 15.9 Å². The summed E-state index contributed by atoms with van der Waals surface area (Å²) in [7, 11) is 0. The predicted molar refractivity (Wildman–Crippen MR) is 73.6 cm³/mol. The first-order chi connectivity index (χ1) is 8.75. The monoisotopic (exact) mass is 309 g/mol. The number of nitrogens with one attached hydrogen (secondary N) is 2. The average molecular weight is 310 g/mol. The lowest BCUT2D eigenvalue weighted by atomic mass is 9.96. The van der Waals surface area contributed by atoms with E-state index >= 15 is 0 Å². The van der Waals surface area contributed by atoms with Crippen LogP contribution in [0.4, 0.5) is 0 Å². The predicted octanol–water partition coefficient (Wildman–Crippen LogP) is 3.21. The topological polar surface area (TPSA) is 53.9 Å². The summed E-state index contributed by atoms with van der Waals surface area (Å²) in [6.45, 7) is 4.07. The number of furan rings is 1. The van der Waals surface area contributed by atoms with Crippen LogP contribution in [0.1, 0.15) is 30.2 Å². The SMILES string of the molecule is Cc1ccc(-c2n[nH]c(C3CCCNC3)c2Br)o1. The van der Waals surface area contributed by atoms with Gasteiger partial charge in [-0.15, -0.1) is 0 Å². The van der Waals surface area contributed by atoms with Crippen LogP contribution in [0, 0.1) is 6.92 Å². The molecule has 1 atom stereocenters. The third-order valence-electron chi connectivity index (χ3n) is 3.41. The van der Waals surface area contributed by atoms with Crippen molar-refractivity contribution in [3.63, 3.8) is 0 Å². The fourth-order valence-electron chi connectivity index (χ4n) is 2.44. The van der Waals surface area contributed by atoms with Gasteiger partial charge in [-0.05, 0) is 54.4 Å². The Balaban J connectivity index is 1.92. The molecule has 1 saturated heterocycles. The van der Waals surface area contributed by atoms with Gasteiger partial charge in [-0.3, -0.25) is 5.10 Å². The molecule has 3 rings (SSSR count). The second-order valence-electron chi connectivity index (χ2n) is 4.75. The number of halogens is 1. The van der Waals surface area contributed by atoms with E-state index < -0.39 is 0 Å². The summed E-state index contributed by atoms with van der Waals surface area (Å²) in [5.41, 5.74) is 2.04. The number of hydrogen-bond acceptors (Lipinski definition) is 3. The van der Waals surface area contributed by atoms with Crippen molar-refractivity contribution in [2.45, 2.75) is 25.7 Å². The molecular formula is C13H16BrN3O. The van der Waals surface area contributed by atoms with E-state index in [2.05, 4.69) is 31.4 Å². The maximum absolute atomic E-state index is 5.62. The molecule has 0 saturated carbocycles. The molecule has 0 spiro atoms. The van der Waals surface area contributed by atoms with Gasteiger partial charge in [-0.2, -0.15) is 5.10 Å². The zero-order valence-corrected chi connectivity index (χ0v) is 11.9. The molecule has 0 aliphatic carbocycles. The number of aromatic amines is 1. The van der Waals surface area contributed by atoms with Crippen molar-refractivity contribution in [2.24, 2.45) is 0 Å². The minimum absolute atomic E-state index is 0.505. The van der Waals surface area contributed by atoms with Crippen LogP contribution in [0.15, 0.2) is 21.0 Å². The van der Waals surface area contributed by atoms with Crippen LogP contribution in [-0.2, 0) is 0 Å². The van der Waals surface area contributed by atoms with Crippen LogP contribution in [-0.4, -0.2) is 23.3 Å². The zero-order chi connectivity index (χ0) is 12.5. The Labute approximate surface area is 114 Å². The van der Waals surface area contributed by atoms with Gasteiger partial charge in [0.1, 0.15) is 11.5 Å². The second-order valence-corrected chi connectivity index (χ2v) is 5.55. The van der Waals surface area contributed by atoms with E-state index in [1.807, 2.05) is 19.1 Å². The summed E-state index contributed by atoms with van der Waals surface area (Å²) in [4.78, 5) is 0. The van der Waals surface area contributed by atoms with Crippen LogP contribution in [0.3, 0.4) is 0 Å². The van der Waals surface area contributed by atoms with Crippen LogP contribution < -0.4 is 5.32 Å². The minimum Gasteiger partial charge on any atom is -0.460 e. The van der Waals surface area contributed by atoms with E-state index in [9.17, 15) is 0 Å². The molecule has 2 N–H and O–H groups in total. The molecule has 2 aromatic rings. The fourth-order valence-corrected chi connectivity index (χ4v) is 3.13. The smallest absolute Gasteiger partial charge is 0.155 e. The quantitative estimate of drug-likeness (QED) is 0.895. The van der Waals surface area contributed by atoms with Crippen LogP contribution in [0.2, 0.25) is 0 Å². The van der Waals surface area contributed by atoms with Crippen molar-refractivity contribution in [3.05, 3.63) is 28.1 Å². The lowest BCUT2D eigenvalue weighted by Gasteiger charge is -2.21. The van der Waals surface area contributed by atoms with Gasteiger partial charge in [0.15, 0.2) is 5.76 Å². The van der Waals surface area contributed by atoms with Crippen molar-refractivity contribution in [1.29, 1.82) is 0 Å². The third-order valence-corrected chi connectivity index (χ3v) is 4.21. The number of piperidine rings is 1. The Bertz CT molecular complexity index is 540. The number of rotatable bonds is 2. The van der Waals surface area contributed by atoms with E-state index in [-0.39, 0.29) is 0 Å². The summed E-state index contributed by atoms with van der Waals surface area (Å²) < 4.78 is 6.66. The molecular weight excluding hydrogens is 294 g/mol. The highest BCUT2D eigenvalue weighted by molar-refractivity contribution is 9.10. The van der Waals surface area contributed by atoms with Gasteiger partial charge in [-0.1, -0.05) is 0 Å². The van der Waals surface area contributed by atoms with Gasteiger partial charge in [0.05, 0.1) is 10.2 Å². The van der Waals surface area contributed by atoms with E-state index in [4.69, 9.17) is 4.42 Å². The van der Waals surface area contributed by atoms with Gasteiger partial charge in [0.2, 0.25) is 0 Å². The standard InChI is InChI=1S/C13H16BrN3O/c1-8-4-5-10(18-8)13-11(14)12(16-17-13)9-3-2-6-15-7-9/h4-5,9,15H,2-3,6-7H2,1H3,(H,16,17). The van der Waals surface area contributed by atoms with Gasteiger partial charge >= 0.3 is 0 Å². The molecule has 2 aromatic heterocycles. The van der Waals surface area contributed by atoms with Crippen molar-refractivity contribution < 1.29 is 4.42 Å². The number of hydrogen-bond donors (Lipinski definition) is 2. The van der Waals surface area contributed by atoms with Gasteiger partial charge in [0, 0.05) is 12.5 Å². The molecule has 5 heteroatoms. The Kier molecular flexibility index (Phi) is 3.26. The van der Waals surface area contributed by atoms with E-state index in [1.165, 1.54) is 18.5 Å². The lowest BCUT2D eigenvalue weighted by molar-refractivity contribution is 0.453. The molecule has 1 aliphatic rings. The second kappa shape index (κ2) is 4.90. The van der Waals surface area contributed by atoms with Crippen molar-refractivity contribution in [3.8, 4) is 11.5 Å². The fraction of sp³-hybridized carbons (Fsp3) is 0.462. The normalized spacial score (nSPS) is 20.2. The van der Waals surface area contributed by atoms with Crippen molar-refractivity contribution in [1.82, 2.24) is 15.5 Å². The van der Waals surface area contributed by atoms with Gasteiger partial charge < -0.3 is 9.73 Å². The summed E-state index contributed by atoms with van der Waals surface area (Å²) in [5.74, 6) is 2.22. The highest BCUT2D eigenvalue weighted by atomic mass is 79.9. The Morgan fingerprint density at radius 3 is 3.00 bits per heavy atom. The lowest BCUT2D eigenvalue weighted by Crippen LogP contribution is -2.28.